The number of halogens is 1. The van der Waals surface area contributed by atoms with Gasteiger partial charge in [-0.25, -0.2) is 9.18 Å². The number of hydrogen-bond acceptors (Lipinski definition) is 4. The van der Waals surface area contributed by atoms with Gasteiger partial charge in [0.25, 0.3) is 0 Å². The summed E-state index contributed by atoms with van der Waals surface area (Å²) in [5.74, 6) is -1.30. The third-order valence-corrected chi connectivity index (χ3v) is 3.86. The normalized spacial score (nSPS) is 17.9. The number of alkyl carbamates (subject to hydrolysis) is 1. The number of ether oxygens (including phenoxy) is 1. The van der Waals surface area contributed by atoms with Gasteiger partial charge in [0.05, 0.1) is 6.42 Å². The lowest BCUT2D eigenvalue weighted by Crippen LogP contribution is -2.50. The van der Waals surface area contributed by atoms with Gasteiger partial charge in [-0.2, -0.15) is 0 Å². The molecule has 2 N–H and O–H groups in total. The third-order valence-electron chi connectivity index (χ3n) is 3.86. The largest absolute Gasteiger partial charge is 0.505 e. The van der Waals surface area contributed by atoms with E-state index in [1.165, 1.54) is 12.1 Å². The van der Waals surface area contributed by atoms with Gasteiger partial charge in [0, 0.05) is 19.1 Å². The summed E-state index contributed by atoms with van der Waals surface area (Å²) in [6.07, 6.45) is 1.14. The fraction of sp³-hybridized carbons (Fsp3) is 0.556. The van der Waals surface area contributed by atoms with Crippen molar-refractivity contribution < 1.29 is 23.8 Å². The van der Waals surface area contributed by atoms with E-state index >= 15 is 0 Å². The molecular formula is C18H25FN2O4. The van der Waals surface area contributed by atoms with Gasteiger partial charge in [-0.1, -0.05) is 6.07 Å². The maximum Gasteiger partial charge on any atom is 0.407 e. The lowest BCUT2D eigenvalue weighted by Gasteiger charge is -2.33. The molecular weight excluding hydrogens is 327 g/mol. The number of carbonyl (C=O) groups excluding carboxylic acids is 2. The maximum absolute atomic E-state index is 13.1. The van der Waals surface area contributed by atoms with Crippen molar-refractivity contribution in [2.24, 2.45) is 0 Å². The Labute approximate surface area is 147 Å². The summed E-state index contributed by atoms with van der Waals surface area (Å²) in [7, 11) is 0. The molecule has 1 atom stereocenters. The smallest absolute Gasteiger partial charge is 0.407 e. The number of nitrogens with zero attached hydrogens (tertiary/aromatic N) is 1. The highest BCUT2D eigenvalue weighted by Gasteiger charge is 2.26. The number of nitrogens with one attached hydrogen (secondary N) is 1. The Morgan fingerprint density at radius 2 is 2.12 bits per heavy atom. The second-order valence-electron chi connectivity index (χ2n) is 7.29. The standard InChI is InChI=1S/C18H25FN2O4/c1-18(2,3)25-17(24)20-13-5-4-8-21(11-13)16(23)10-12-6-7-14(19)15(22)9-12/h6-7,9,13,22H,4-5,8,10-11H2,1-3H3,(H,20,24). The number of benzene rings is 1. The van der Waals surface area contributed by atoms with Crippen molar-refractivity contribution in [3.63, 3.8) is 0 Å². The van der Waals surface area contributed by atoms with Crippen molar-refractivity contribution in [2.75, 3.05) is 13.1 Å². The molecule has 1 heterocycles. The van der Waals surface area contributed by atoms with Crippen LogP contribution in [0.2, 0.25) is 0 Å². The molecule has 1 aromatic rings. The zero-order valence-electron chi connectivity index (χ0n) is 14.8. The Kier molecular flexibility index (Phi) is 5.87. The van der Waals surface area contributed by atoms with E-state index in [0.29, 0.717) is 18.7 Å². The Bertz CT molecular complexity index is 642. The molecule has 1 aliphatic heterocycles. The number of phenolic OH excluding ortho intramolecular Hbond substituents is 1. The van der Waals surface area contributed by atoms with Crippen LogP contribution in [0.15, 0.2) is 18.2 Å². The molecule has 25 heavy (non-hydrogen) atoms. The van der Waals surface area contributed by atoms with Gasteiger partial charge in [-0.15, -0.1) is 0 Å². The Morgan fingerprint density at radius 3 is 2.76 bits per heavy atom. The van der Waals surface area contributed by atoms with E-state index in [0.717, 1.165) is 18.9 Å². The quantitative estimate of drug-likeness (QED) is 0.876. The number of hydrogen-bond donors (Lipinski definition) is 2. The molecule has 0 saturated carbocycles. The molecule has 0 bridgehead atoms. The Morgan fingerprint density at radius 1 is 1.40 bits per heavy atom. The van der Waals surface area contributed by atoms with Crippen molar-refractivity contribution in [2.45, 2.75) is 51.7 Å². The summed E-state index contributed by atoms with van der Waals surface area (Å²) in [5.41, 5.74) is -0.0233. The molecule has 0 spiro atoms. The van der Waals surface area contributed by atoms with Crippen LogP contribution < -0.4 is 5.32 Å². The summed E-state index contributed by atoms with van der Waals surface area (Å²) in [5, 5.41) is 12.2. The van der Waals surface area contributed by atoms with Crippen molar-refractivity contribution in [1.29, 1.82) is 0 Å². The number of rotatable bonds is 3. The van der Waals surface area contributed by atoms with Crippen molar-refractivity contribution in [3.8, 4) is 5.75 Å². The van der Waals surface area contributed by atoms with Gasteiger partial charge < -0.3 is 20.1 Å². The minimum absolute atomic E-state index is 0.0764. The van der Waals surface area contributed by atoms with E-state index < -0.39 is 23.3 Å². The van der Waals surface area contributed by atoms with Crippen LogP contribution in [0.3, 0.4) is 0 Å². The third kappa shape index (κ3) is 5.92. The van der Waals surface area contributed by atoms with Crippen molar-refractivity contribution >= 4 is 12.0 Å². The van der Waals surface area contributed by atoms with Crippen LogP contribution in [0.25, 0.3) is 0 Å². The number of amides is 2. The van der Waals surface area contributed by atoms with Crippen molar-refractivity contribution in [1.82, 2.24) is 10.2 Å². The van der Waals surface area contributed by atoms with Gasteiger partial charge in [0.15, 0.2) is 11.6 Å². The highest BCUT2D eigenvalue weighted by Crippen LogP contribution is 2.19. The van der Waals surface area contributed by atoms with Gasteiger partial charge >= 0.3 is 6.09 Å². The molecule has 7 heteroatoms. The zero-order chi connectivity index (χ0) is 18.6. The van der Waals surface area contributed by atoms with E-state index in [9.17, 15) is 19.1 Å². The topological polar surface area (TPSA) is 78.9 Å². The Balaban J connectivity index is 1.90. The number of carbonyl (C=O) groups is 2. The lowest BCUT2D eigenvalue weighted by molar-refractivity contribution is -0.131. The van der Waals surface area contributed by atoms with Crippen LogP contribution in [0.4, 0.5) is 9.18 Å². The van der Waals surface area contributed by atoms with Crippen LogP contribution >= 0.6 is 0 Å². The molecule has 1 fully saturated rings. The van der Waals surface area contributed by atoms with Gasteiger partial charge in [0.2, 0.25) is 5.91 Å². The van der Waals surface area contributed by atoms with Crippen LogP contribution in [-0.4, -0.2) is 46.7 Å². The second kappa shape index (κ2) is 7.72. The number of piperidine rings is 1. The van der Waals surface area contributed by atoms with E-state index in [1.54, 1.807) is 25.7 Å². The maximum atomic E-state index is 13.1. The van der Waals surface area contributed by atoms with Gasteiger partial charge in [0.1, 0.15) is 5.60 Å². The summed E-state index contributed by atoms with van der Waals surface area (Å²) >= 11 is 0. The number of likely N-dealkylation sites (tertiary alicyclic amines) is 1. The molecule has 138 valence electrons. The minimum Gasteiger partial charge on any atom is -0.505 e. The van der Waals surface area contributed by atoms with E-state index in [-0.39, 0.29) is 18.4 Å². The van der Waals surface area contributed by atoms with E-state index in [4.69, 9.17) is 4.74 Å². The van der Waals surface area contributed by atoms with Gasteiger partial charge in [-0.3, -0.25) is 4.79 Å². The first-order valence-corrected chi connectivity index (χ1v) is 8.39. The molecule has 0 aromatic heterocycles. The monoisotopic (exact) mass is 352 g/mol. The Hall–Kier alpha value is -2.31. The molecule has 6 nitrogen and oxygen atoms in total. The second-order valence-corrected chi connectivity index (χ2v) is 7.29. The molecule has 0 aliphatic carbocycles. The van der Waals surface area contributed by atoms with Crippen LogP contribution in [-0.2, 0) is 16.0 Å². The fourth-order valence-electron chi connectivity index (χ4n) is 2.75. The predicted molar refractivity (Wildman–Crippen MR) is 90.7 cm³/mol. The fourth-order valence-corrected chi connectivity index (χ4v) is 2.75. The highest BCUT2D eigenvalue weighted by atomic mass is 19.1. The average molecular weight is 352 g/mol. The van der Waals surface area contributed by atoms with E-state index in [1.807, 2.05) is 0 Å². The van der Waals surface area contributed by atoms with Crippen molar-refractivity contribution in [3.05, 3.63) is 29.6 Å². The summed E-state index contributed by atoms with van der Waals surface area (Å²) < 4.78 is 18.3. The number of phenols is 1. The average Bonchev–Trinajstić information content (AvgIpc) is 2.49. The van der Waals surface area contributed by atoms with Crippen LogP contribution in [0.5, 0.6) is 5.75 Å². The molecule has 1 unspecified atom stereocenters. The first-order chi connectivity index (χ1) is 11.6. The molecule has 2 amide bonds. The summed E-state index contributed by atoms with van der Waals surface area (Å²) in [4.78, 5) is 26.0. The zero-order valence-corrected chi connectivity index (χ0v) is 14.8. The van der Waals surface area contributed by atoms with E-state index in [2.05, 4.69) is 5.32 Å². The molecule has 1 aliphatic rings. The SMILES string of the molecule is CC(C)(C)OC(=O)NC1CCCN(C(=O)Cc2ccc(F)c(O)c2)C1. The first-order valence-electron chi connectivity index (χ1n) is 8.39. The van der Waals surface area contributed by atoms with Crippen LogP contribution in [0.1, 0.15) is 39.2 Å². The lowest BCUT2D eigenvalue weighted by atomic mass is 10.0. The molecule has 2 rings (SSSR count). The summed E-state index contributed by atoms with van der Waals surface area (Å²) in [6, 6.07) is 3.72. The number of aromatic hydroxyl groups is 1. The highest BCUT2D eigenvalue weighted by molar-refractivity contribution is 5.79. The molecule has 1 saturated heterocycles. The molecule has 0 radical (unpaired) electrons. The predicted octanol–water partition coefficient (Wildman–Crippen LogP) is 2.59. The first kappa shape index (κ1) is 19.0. The minimum atomic E-state index is -0.712. The van der Waals surface area contributed by atoms with Gasteiger partial charge in [-0.05, 0) is 51.3 Å². The van der Waals surface area contributed by atoms with Crippen LogP contribution in [0, 0.1) is 5.82 Å². The summed E-state index contributed by atoms with van der Waals surface area (Å²) in [6.45, 7) is 6.40. The molecule has 1 aromatic carbocycles.